The van der Waals surface area contributed by atoms with Gasteiger partial charge in [-0.2, -0.15) is 10.5 Å². The van der Waals surface area contributed by atoms with Crippen LogP contribution in [-0.2, 0) is 9.53 Å². The molecule has 1 unspecified atom stereocenters. The summed E-state index contributed by atoms with van der Waals surface area (Å²) in [6.45, 7) is 1.93. The van der Waals surface area contributed by atoms with Gasteiger partial charge in [-0.15, -0.1) is 0 Å². The summed E-state index contributed by atoms with van der Waals surface area (Å²) in [6, 6.07) is 9.61. The van der Waals surface area contributed by atoms with E-state index in [2.05, 4.69) is 15.4 Å². The number of carbonyl (C=O) groups excluding carboxylic acids is 2. The highest BCUT2D eigenvalue weighted by atomic mass is 35.5. The van der Waals surface area contributed by atoms with E-state index in [9.17, 15) is 29.8 Å². The van der Waals surface area contributed by atoms with Gasteiger partial charge in [0, 0.05) is 37.0 Å². The van der Waals surface area contributed by atoms with Crippen molar-refractivity contribution in [2.75, 3.05) is 23.8 Å². The lowest BCUT2D eigenvalue weighted by atomic mass is 9.93. The lowest BCUT2D eigenvalue weighted by molar-refractivity contribution is -0.385. The molecule has 0 saturated carbocycles. The summed E-state index contributed by atoms with van der Waals surface area (Å²) in [6.07, 6.45) is 1.13. The van der Waals surface area contributed by atoms with E-state index in [0.717, 1.165) is 18.3 Å². The fourth-order valence-electron chi connectivity index (χ4n) is 2.89. The van der Waals surface area contributed by atoms with E-state index in [-0.39, 0.29) is 45.7 Å². The average molecular weight is 547 g/mol. The standard InChI is InChI=1S/C12H10ClN3O4.C10H6ClN3O3/c1-2-20-12(17)8(6-14)7-15-11-4-3-9(16(18)19)5-10(11)13;11-8-2-6(14(16)17)1-7-9(8)13-4-5(3-12)10(7)15/h3-5,7,15H,2H2,1H3;1-2,5,13H,4H2/b8-7-;. The zero-order valence-corrected chi connectivity index (χ0v) is 20.4. The normalized spacial score (nSPS) is 13.9. The number of nitriles is 2. The van der Waals surface area contributed by atoms with Gasteiger partial charge in [-0.05, 0) is 13.0 Å². The Hall–Kier alpha value is -4.72. The quantitative estimate of drug-likeness (QED) is 0.168. The van der Waals surface area contributed by atoms with E-state index in [1.54, 1.807) is 13.0 Å². The van der Waals surface area contributed by atoms with Gasteiger partial charge >= 0.3 is 5.97 Å². The Morgan fingerprint density at radius 2 is 1.84 bits per heavy atom. The SMILES string of the molecule is CCOC(=O)/C(C#N)=C\Nc1ccc([N+](=O)[O-])cc1Cl.N#CC1CNc2c(Cl)cc([N+](=O)[O-])cc2C1=O. The van der Waals surface area contributed by atoms with Crippen molar-refractivity contribution < 1.29 is 24.2 Å². The molecule has 0 radical (unpaired) electrons. The van der Waals surface area contributed by atoms with Gasteiger partial charge in [0.1, 0.15) is 12.0 Å². The van der Waals surface area contributed by atoms with Crippen molar-refractivity contribution in [1.29, 1.82) is 10.5 Å². The van der Waals surface area contributed by atoms with Gasteiger partial charge in [0.25, 0.3) is 11.4 Å². The van der Waals surface area contributed by atoms with Crippen LogP contribution in [0.1, 0.15) is 17.3 Å². The second kappa shape index (κ2) is 12.8. The third kappa shape index (κ3) is 7.14. The third-order valence-corrected chi connectivity index (χ3v) is 5.27. The van der Waals surface area contributed by atoms with E-state index < -0.39 is 27.5 Å². The van der Waals surface area contributed by atoms with Crippen molar-refractivity contribution in [3.63, 3.8) is 0 Å². The summed E-state index contributed by atoms with van der Waals surface area (Å²) >= 11 is 11.7. The number of ketones is 1. The van der Waals surface area contributed by atoms with Crippen molar-refractivity contribution in [3.05, 3.63) is 77.9 Å². The molecule has 0 bridgehead atoms. The highest BCUT2D eigenvalue weighted by molar-refractivity contribution is 6.35. The Morgan fingerprint density at radius 1 is 1.19 bits per heavy atom. The number of esters is 1. The highest BCUT2D eigenvalue weighted by Gasteiger charge is 2.30. The number of anilines is 2. The summed E-state index contributed by atoms with van der Waals surface area (Å²) in [7, 11) is 0. The number of rotatable bonds is 6. The second-order valence-electron chi connectivity index (χ2n) is 6.99. The Morgan fingerprint density at radius 3 is 2.38 bits per heavy atom. The Labute approximate surface area is 219 Å². The number of hydrogen-bond donors (Lipinski definition) is 2. The Balaban J connectivity index is 0.000000263. The van der Waals surface area contributed by atoms with Crippen LogP contribution in [0, 0.1) is 48.8 Å². The molecule has 190 valence electrons. The molecule has 0 fully saturated rings. The minimum atomic E-state index is -0.833. The first-order chi connectivity index (χ1) is 17.5. The summed E-state index contributed by atoms with van der Waals surface area (Å²) in [4.78, 5) is 43.2. The van der Waals surface area contributed by atoms with Crippen LogP contribution in [0.2, 0.25) is 10.0 Å². The largest absolute Gasteiger partial charge is 0.462 e. The summed E-state index contributed by atoms with van der Waals surface area (Å²) < 4.78 is 4.67. The smallest absolute Gasteiger partial charge is 0.350 e. The van der Waals surface area contributed by atoms with E-state index in [4.69, 9.17) is 33.7 Å². The molecule has 13 nitrogen and oxygen atoms in total. The molecule has 3 rings (SSSR count). The maximum Gasteiger partial charge on any atom is 0.350 e. The third-order valence-electron chi connectivity index (χ3n) is 4.66. The molecule has 1 aliphatic heterocycles. The average Bonchev–Trinajstić information content (AvgIpc) is 2.86. The molecule has 1 heterocycles. The molecule has 2 aromatic carbocycles. The molecular weight excluding hydrogens is 531 g/mol. The first kappa shape index (κ1) is 28.5. The van der Waals surface area contributed by atoms with Crippen LogP contribution in [0.3, 0.4) is 0 Å². The number of halogens is 2. The number of nitrogens with one attached hydrogen (secondary N) is 2. The molecule has 0 aromatic heterocycles. The van der Waals surface area contributed by atoms with E-state index in [1.165, 1.54) is 18.2 Å². The molecule has 37 heavy (non-hydrogen) atoms. The van der Waals surface area contributed by atoms with Crippen LogP contribution < -0.4 is 10.6 Å². The number of ether oxygens (including phenoxy) is 1. The fourth-order valence-corrected chi connectivity index (χ4v) is 3.40. The molecule has 1 atom stereocenters. The number of non-ortho nitro benzene ring substituents is 2. The number of Topliss-reactive ketones (excluding diaryl/α,β-unsaturated/α-hetero) is 1. The van der Waals surface area contributed by atoms with Crippen LogP contribution in [0.25, 0.3) is 0 Å². The number of benzene rings is 2. The van der Waals surface area contributed by atoms with Crippen molar-refractivity contribution >= 4 is 57.7 Å². The molecule has 0 spiro atoms. The van der Waals surface area contributed by atoms with Gasteiger partial charge in [0.05, 0.1) is 49.5 Å². The van der Waals surface area contributed by atoms with Gasteiger partial charge in [-0.25, -0.2) is 4.79 Å². The number of hydrogen-bond acceptors (Lipinski definition) is 11. The minimum Gasteiger partial charge on any atom is -0.462 e. The van der Waals surface area contributed by atoms with Crippen molar-refractivity contribution in [3.8, 4) is 12.1 Å². The Bertz CT molecular complexity index is 1380. The maximum atomic E-state index is 11.8. The molecule has 0 amide bonds. The van der Waals surface area contributed by atoms with E-state index >= 15 is 0 Å². The van der Waals surface area contributed by atoms with Crippen molar-refractivity contribution in [2.45, 2.75) is 6.92 Å². The van der Waals surface area contributed by atoms with Crippen LogP contribution >= 0.6 is 23.2 Å². The molecular formula is C22H16Cl2N6O7. The highest BCUT2D eigenvalue weighted by Crippen LogP contribution is 2.35. The summed E-state index contributed by atoms with van der Waals surface area (Å²) in [5.41, 5.74) is 0.129. The lowest BCUT2D eigenvalue weighted by Gasteiger charge is -2.21. The second-order valence-corrected chi connectivity index (χ2v) is 7.80. The van der Waals surface area contributed by atoms with Gasteiger partial charge in [0.15, 0.2) is 11.4 Å². The predicted molar refractivity (Wildman–Crippen MR) is 132 cm³/mol. The number of nitro groups is 2. The molecule has 0 saturated heterocycles. The van der Waals surface area contributed by atoms with Crippen LogP contribution in [0.15, 0.2) is 42.1 Å². The zero-order valence-electron chi connectivity index (χ0n) is 18.9. The van der Waals surface area contributed by atoms with Crippen molar-refractivity contribution in [1.82, 2.24) is 0 Å². The maximum absolute atomic E-state index is 11.8. The molecule has 2 N–H and O–H groups in total. The minimum absolute atomic E-state index is 0.0941. The Kier molecular flexibility index (Phi) is 9.89. The van der Waals surface area contributed by atoms with Gasteiger partial charge in [0.2, 0.25) is 0 Å². The van der Waals surface area contributed by atoms with Crippen LogP contribution in [0.4, 0.5) is 22.7 Å². The van der Waals surface area contributed by atoms with Gasteiger partial charge in [-0.1, -0.05) is 23.2 Å². The molecule has 0 aliphatic carbocycles. The molecule has 2 aromatic rings. The van der Waals surface area contributed by atoms with Crippen LogP contribution in [-0.4, -0.2) is 34.8 Å². The zero-order chi connectivity index (χ0) is 27.7. The summed E-state index contributed by atoms with van der Waals surface area (Å²) in [5.74, 6) is -2.03. The van der Waals surface area contributed by atoms with E-state index in [0.29, 0.717) is 11.4 Å². The first-order valence-electron chi connectivity index (χ1n) is 10.2. The monoisotopic (exact) mass is 546 g/mol. The number of nitrogens with zero attached hydrogens (tertiary/aromatic N) is 4. The van der Waals surface area contributed by atoms with Crippen molar-refractivity contribution in [2.24, 2.45) is 5.92 Å². The lowest BCUT2D eigenvalue weighted by Crippen LogP contribution is -2.28. The number of nitro benzene ring substituents is 2. The topological polar surface area (TPSA) is 201 Å². The number of fused-ring (bicyclic) bond motifs is 1. The summed E-state index contributed by atoms with van der Waals surface area (Å²) in [5, 5.41) is 44.4. The van der Waals surface area contributed by atoms with Gasteiger partial charge in [-0.3, -0.25) is 25.0 Å². The van der Waals surface area contributed by atoms with Gasteiger partial charge < -0.3 is 15.4 Å². The molecule has 1 aliphatic rings. The van der Waals surface area contributed by atoms with E-state index in [1.807, 2.05) is 6.07 Å². The van der Waals surface area contributed by atoms with Crippen LogP contribution in [0.5, 0.6) is 0 Å². The first-order valence-corrected chi connectivity index (χ1v) is 10.9. The number of carbonyl (C=O) groups is 2. The predicted octanol–water partition coefficient (Wildman–Crippen LogP) is 4.63. The molecule has 15 heteroatoms. The fraction of sp³-hybridized carbons (Fsp3) is 0.182.